The number of piperidine rings is 1. The fourth-order valence-corrected chi connectivity index (χ4v) is 5.62. The third kappa shape index (κ3) is 8.86. The number of ether oxygens (including phenoxy) is 3. The van der Waals surface area contributed by atoms with E-state index >= 15 is 0 Å². The maximum absolute atomic E-state index is 14.2. The number of amides is 4. The summed E-state index contributed by atoms with van der Waals surface area (Å²) in [6.45, 7) is 13.2. The van der Waals surface area contributed by atoms with Crippen LogP contribution in [0.15, 0.2) is 12.1 Å². The second-order valence-electron chi connectivity index (χ2n) is 12.2. The number of benzene rings is 1. The van der Waals surface area contributed by atoms with Gasteiger partial charge >= 0.3 is 12.1 Å². The highest BCUT2D eigenvalue weighted by molar-refractivity contribution is 6.05. The molecule has 2 heterocycles. The molecule has 4 amide bonds. The number of fused-ring (bicyclic) bond motifs is 1. The lowest BCUT2D eigenvalue weighted by Gasteiger charge is -2.42. The van der Waals surface area contributed by atoms with Crippen LogP contribution in [0, 0.1) is 6.92 Å². The van der Waals surface area contributed by atoms with Crippen LogP contribution in [0.3, 0.4) is 0 Å². The number of likely N-dealkylation sites (tertiary alicyclic amines) is 1. The number of esters is 1. The Labute approximate surface area is 265 Å². The summed E-state index contributed by atoms with van der Waals surface area (Å²) in [6.07, 6.45) is 0.165. The fraction of sp³-hybridized carbons (Fsp3) is 0.656. The Hall–Kier alpha value is -3.87. The molecule has 1 aromatic carbocycles. The Balaban J connectivity index is 1.81. The van der Waals surface area contributed by atoms with Gasteiger partial charge in [-0.15, -0.1) is 0 Å². The van der Waals surface area contributed by atoms with E-state index in [2.05, 4.69) is 5.32 Å². The van der Waals surface area contributed by atoms with Crippen LogP contribution in [-0.2, 0) is 23.9 Å². The van der Waals surface area contributed by atoms with Crippen LogP contribution >= 0.6 is 0 Å². The molecule has 2 aliphatic heterocycles. The second kappa shape index (κ2) is 15.4. The molecule has 45 heavy (non-hydrogen) atoms. The summed E-state index contributed by atoms with van der Waals surface area (Å²) in [5, 5.41) is 11.7. The van der Waals surface area contributed by atoms with Crippen molar-refractivity contribution >= 4 is 35.5 Å². The van der Waals surface area contributed by atoms with Crippen LogP contribution in [0.5, 0.6) is 5.75 Å². The lowest BCUT2D eigenvalue weighted by Crippen LogP contribution is -2.55. The van der Waals surface area contributed by atoms with E-state index in [0.29, 0.717) is 48.4 Å². The number of carbonyl (C=O) groups excluding carboxylic acids is 5. The van der Waals surface area contributed by atoms with Gasteiger partial charge in [-0.1, -0.05) is 6.92 Å². The maximum Gasteiger partial charge on any atom is 0.412 e. The van der Waals surface area contributed by atoms with E-state index < -0.39 is 24.0 Å². The first-order chi connectivity index (χ1) is 21.2. The first kappa shape index (κ1) is 35.6. The highest BCUT2D eigenvalue weighted by Gasteiger charge is 2.42. The van der Waals surface area contributed by atoms with Gasteiger partial charge in [0.25, 0.3) is 11.8 Å². The van der Waals surface area contributed by atoms with Crippen molar-refractivity contribution in [2.45, 2.75) is 105 Å². The first-order valence-electron chi connectivity index (χ1n) is 15.7. The number of rotatable bonds is 12. The highest BCUT2D eigenvalue weighted by atomic mass is 16.7. The smallest absolute Gasteiger partial charge is 0.412 e. The summed E-state index contributed by atoms with van der Waals surface area (Å²) < 4.78 is 16.5. The predicted molar refractivity (Wildman–Crippen MR) is 166 cm³/mol. The summed E-state index contributed by atoms with van der Waals surface area (Å²) in [6, 6.07) is 2.92. The molecule has 2 aliphatic rings. The molecule has 0 saturated carbocycles. The van der Waals surface area contributed by atoms with E-state index in [1.165, 1.54) is 11.8 Å². The molecule has 0 bridgehead atoms. The van der Waals surface area contributed by atoms with Crippen LogP contribution in [0.25, 0.3) is 0 Å². The number of nitrogens with zero attached hydrogens (tertiary/aromatic N) is 3. The van der Waals surface area contributed by atoms with E-state index in [0.717, 1.165) is 0 Å². The van der Waals surface area contributed by atoms with Crippen LogP contribution in [0.4, 0.5) is 10.5 Å². The van der Waals surface area contributed by atoms with Gasteiger partial charge in [0.15, 0.2) is 5.60 Å². The molecule has 0 spiro atoms. The molecule has 1 fully saturated rings. The molecule has 0 aromatic heterocycles. The summed E-state index contributed by atoms with van der Waals surface area (Å²) in [5.41, 5.74) is 0.417. The van der Waals surface area contributed by atoms with Gasteiger partial charge in [-0.3, -0.25) is 19.2 Å². The number of aliphatic hydroxyl groups is 1. The van der Waals surface area contributed by atoms with Crippen molar-refractivity contribution in [3.8, 4) is 5.75 Å². The van der Waals surface area contributed by atoms with E-state index in [1.54, 1.807) is 42.7 Å². The predicted octanol–water partition coefficient (Wildman–Crippen LogP) is 3.14. The molecule has 3 rings (SSSR count). The molecular weight excluding hydrogens is 584 g/mol. The molecular formula is C32H48N4O9. The quantitative estimate of drug-likeness (QED) is 0.261. The number of aliphatic hydroxyl groups excluding tert-OH is 1. The topological polar surface area (TPSA) is 155 Å². The van der Waals surface area contributed by atoms with Crippen molar-refractivity contribution in [3.05, 3.63) is 23.3 Å². The Kier molecular flexibility index (Phi) is 12.2. The minimum Gasteiger partial charge on any atom is -0.476 e. The summed E-state index contributed by atoms with van der Waals surface area (Å²) >= 11 is 0. The Morgan fingerprint density at radius 2 is 1.89 bits per heavy atom. The fourth-order valence-electron chi connectivity index (χ4n) is 5.62. The normalized spacial score (nSPS) is 18.1. The van der Waals surface area contributed by atoms with Crippen molar-refractivity contribution < 1.29 is 43.3 Å². The number of anilines is 1. The van der Waals surface area contributed by atoms with Crippen LogP contribution in [0.1, 0.15) is 89.6 Å². The SMILES string of the molecule is CCC(=O)NCCN1C(=O)C(C)(C)Oc2cc(C)c(C(=O)N(C(C)C)[C@@H]3CCCN(C(=O)OC(C)OC(=O)CCCO)C3)cc21. The number of hydrogen-bond acceptors (Lipinski definition) is 9. The van der Waals surface area contributed by atoms with E-state index in [4.69, 9.17) is 19.3 Å². The molecule has 1 aromatic rings. The molecule has 0 radical (unpaired) electrons. The third-order valence-electron chi connectivity index (χ3n) is 7.87. The largest absolute Gasteiger partial charge is 0.476 e. The van der Waals surface area contributed by atoms with Gasteiger partial charge in [-0.05, 0) is 71.6 Å². The highest BCUT2D eigenvalue weighted by Crippen LogP contribution is 2.40. The van der Waals surface area contributed by atoms with Crippen LogP contribution in [-0.4, -0.2) is 101 Å². The Morgan fingerprint density at radius 1 is 1.18 bits per heavy atom. The minimum atomic E-state index is -1.13. The summed E-state index contributed by atoms with van der Waals surface area (Å²) in [7, 11) is 0. The van der Waals surface area contributed by atoms with Crippen molar-refractivity contribution in [1.82, 2.24) is 15.1 Å². The Morgan fingerprint density at radius 3 is 2.53 bits per heavy atom. The van der Waals surface area contributed by atoms with Crippen molar-refractivity contribution in [2.75, 3.05) is 37.7 Å². The van der Waals surface area contributed by atoms with Gasteiger partial charge in [0.2, 0.25) is 12.2 Å². The Bertz CT molecular complexity index is 1270. The third-order valence-corrected chi connectivity index (χ3v) is 7.87. The average Bonchev–Trinajstić information content (AvgIpc) is 2.97. The number of nitrogens with one attached hydrogen (secondary N) is 1. The van der Waals surface area contributed by atoms with Gasteiger partial charge < -0.3 is 39.3 Å². The van der Waals surface area contributed by atoms with Gasteiger partial charge in [0.05, 0.1) is 11.7 Å². The van der Waals surface area contributed by atoms with Crippen molar-refractivity contribution in [1.29, 1.82) is 0 Å². The average molecular weight is 633 g/mol. The first-order valence-corrected chi connectivity index (χ1v) is 15.7. The van der Waals surface area contributed by atoms with Gasteiger partial charge in [-0.25, -0.2) is 4.79 Å². The molecule has 13 heteroatoms. The van der Waals surface area contributed by atoms with Gasteiger partial charge in [-0.2, -0.15) is 0 Å². The monoisotopic (exact) mass is 632 g/mol. The van der Waals surface area contributed by atoms with E-state index in [-0.39, 0.29) is 68.9 Å². The van der Waals surface area contributed by atoms with Crippen molar-refractivity contribution in [2.24, 2.45) is 0 Å². The van der Waals surface area contributed by atoms with Crippen LogP contribution < -0.4 is 15.0 Å². The molecule has 2 atom stereocenters. The molecule has 1 unspecified atom stereocenters. The zero-order valence-corrected chi connectivity index (χ0v) is 27.5. The number of aryl methyl sites for hydroxylation is 1. The van der Waals surface area contributed by atoms with Gasteiger partial charge in [0, 0.05) is 64.2 Å². The molecule has 0 aliphatic carbocycles. The van der Waals surface area contributed by atoms with Crippen molar-refractivity contribution in [3.63, 3.8) is 0 Å². The van der Waals surface area contributed by atoms with Crippen LogP contribution in [0.2, 0.25) is 0 Å². The number of hydrogen-bond donors (Lipinski definition) is 2. The van der Waals surface area contributed by atoms with E-state index in [1.807, 2.05) is 20.8 Å². The zero-order valence-electron chi connectivity index (χ0n) is 27.5. The standard InChI is InChI=1S/C32H48N4O9/c1-8-27(38)33-13-15-35-25-18-24(21(4)17-26(25)45-32(6,7)30(35)41)29(40)36(20(2)3)23-11-9-14-34(19-23)31(42)44-22(5)43-28(39)12-10-16-37/h17-18,20,22-23,37H,8-16,19H2,1-7H3,(H,33,38)/t22?,23-/m1/s1. The lowest BCUT2D eigenvalue weighted by molar-refractivity contribution is -0.166. The zero-order chi connectivity index (χ0) is 33.5. The molecule has 1 saturated heterocycles. The summed E-state index contributed by atoms with van der Waals surface area (Å²) in [5.74, 6) is -0.740. The minimum absolute atomic E-state index is 0.0168. The lowest BCUT2D eigenvalue weighted by atomic mass is 9.97. The second-order valence-corrected chi connectivity index (χ2v) is 12.2. The molecule has 2 N–H and O–H groups in total. The number of carbonyl (C=O) groups is 5. The molecule has 250 valence electrons. The van der Waals surface area contributed by atoms with E-state index in [9.17, 15) is 24.0 Å². The maximum atomic E-state index is 14.2. The van der Waals surface area contributed by atoms with Gasteiger partial charge in [0.1, 0.15) is 5.75 Å². The summed E-state index contributed by atoms with van der Waals surface area (Å²) in [4.78, 5) is 69.1. The molecule has 13 nitrogen and oxygen atoms in total.